The number of halogens is 1. The van der Waals surface area contributed by atoms with E-state index < -0.39 is 22.2 Å². The average Bonchev–Trinajstić information content (AvgIpc) is 1.83. The highest BCUT2D eigenvalue weighted by molar-refractivity contribution is 6.33. The van der Waals surface area contributed by atoms with Gasteiger partial charge in [0.25, 0.3) is 0 Å². The molecule has 76 valence electrons. The molecule has 1 atom stereocenters. The van der Waals surface area contributed by atoms with Crippen LogP contribution >= 0.6 is 11.6 Å². The normalized spacial score (nSPS) is 16.3. The minimum atomic E-state index is -1.53. The number of carboxylic acid groups (broad SMARTS) is 2. The highest BCUT2D eigenvalue weighted by Gasteiger charge is 2.40. The van der Waals surface area contributed by atoms with Crippen LogP contribution in [-0.4, -0.2) is 27.0 Å². The lowest BCUT2D eigenvalue weighted by molar-refractivity contribution is -0.149. The average molecular weight is 209 g/mol. The second-order valence-electron chi connectivity index (χ2n) is 3.87. The van der Waals surface area contributed by atoms with Crippen molar-refractivity contribution in [1.29, 1.82) is 0 Å². The topological polar surface area (TPSA) is 74.6 Å². The van der Waals surface area contributed by atoms with Crippen LogP contribution in [0.4, 0.5) is 0 Å². The molecule has 0 fully saturated rings. The largest absolute Gasteiger partial charge is 0.481 e. The summed E-state index contributed by atoms with van der Waals surface area (Å²) in [7, 11) is 0. The quantitative estimate of drug-likeness (QED) is 0.688. The Kier molecular flexibility index (Phi) is 3.33. The molecule has 13 heavy (non-hydrogen) atoms. The van der Waals surface area contributed by atoms with E-state index >= 15 is 0 Å². The molecule has 0 radical (unpaired) electrons. The Labute approximate surface area is 81.5 Å². The number of alkyl halides is 1. The van der Waals surface area contributed by atoms with Crippen LogP contribution in [0.5, 0.6) is 0 Å². The van der Waals surface area contributed by atoms with E-state index in [4.69, 9.17) is 21.8 Å². The third-order valence-corrected chi connectivity index (χ3v) is 2.09. The van der Waals surface area contributed by atoms with E-state index in [1.165, 1.54) is 20.8 Å². The first-order valence-corrected chi connectivity index (χ1v) is 4.13. The predicted octanol–water partition coefficient (Wildman–Crippen LogP) is 1.57. The minimum absolute atomic E-state index is 0.119. The standard InChI is InChI=1S/C8H13ClO4/c1-7(2,5(10)11)4-8(3,9)6(12)13/h4H2,1-3H3,(H,10,11)(H,12,13). The summed E-state index contributed by atoms with van der Waals surface area (Å²) >= 11 is 5.64. The van der Waals surface area contributed by atoms with Crippen molar-refractivity contribution in [3.05, 3.63) is 0 Å². The summed E-state index contributed by atoms with van der Waals surface area (Å²) in [6.45, 7) is 4.18. The van der Waals surface area contributed by atoms with Crippen molar-refractivity contribution < 1.29 is 19.8 Å². The first-order valence-electron chi connectivity index (χ1n) is 3.75. The van der Waals surface area contributed by atoms with E-state index in [1.54, 1.807) is 0 Å². The molecular formula is C8H13ClO4. The molecule has 1 unspecified atom stereocenters. The molecule has 0 amide bonds. The molecule has 0 aliphatic carbocycles. The second kappa shape index (κ2) is 3.54. The van der Waals surface area contributed by atoms with Gasteiger partial charge in [0.15, 0.2) is 0 Å². The van der Waals surface area contributed by atoms with Crippen LogP contribution in [-0.2, 0) is 9.59 Å². The molecule has 0 spiro atoms. The highest BCUT2D eigenvalue weighted by Crippen LogP contribution is 2.32. The molecule has 0 aromatic rings. The van der Waals surface area contributed by atoms with Crippen molar-refractivity contribution in [2.45, 2.75) is 32.1 Å². The van der Waals surface area contributed by atoms with Crippen molar-refractivity contribution in [2.24, 2.45) is 5.41 Å². The molecule has 0 bridgehead atoms. The van der Waals surface area contributed by atoms with Crippen molar-refractivity contribution in [3.8, 4) is 0 Å². The predicted molar refractivity (Wildman–Crippen MR) is 47.9 cm³/mol. The number of carboxylic acids is 2. The van der Waals surface area contributed by atoms with Crippen LogP contribution in [0.2, 0.25) is 0 Å². The summed E-state index contributed by atoms with van der Waals surface area (Å²) in [4.78, 5) is 19.7. The van der Waals surface area contributed by atoms with Gasteiger partial charge in [0, 0.05) is 0 Å². The Morgan fingerprint density at radius 3 is 1.77 bits per heavy atom. The lowest BCUT2D eigenvalue weighted by Crippen LogP contribution is -2.38. The third-order valence-electron chi connectivity index (χ3n) is 1.80. The molecule has 0 aliphatic rings. The summed E-state index contributed by atoms with van der Waals surface area (Å²) in [6, 6.07) is 0. The van der Waals surface area contributed by atoms with Gasteiger partial charge in [-0.25, -0.2) is 0 Å². The molecule has 0 aromatic carbocycles. The second-order valence-corrected chi connectivity index (χ2v) is 4.70. The van der Waals surface area contributed by atoms with Gasteiger partial charge in [-0.1, -0.05) is 0 Å². The van der Waals surface area contributed by atoms with Crippen LogP contribution in [0, 0.1) is 5.41 Å². The summed E-state index contributed by atoms with van der Waals surface area (Å²) in [5, 5.41) is 17.4. The number of rotatable bonds is 4. The Bertz CT molecular complexity index is 208. The van der Waals surface area contributed by atoms with Gasteiger partial charge in [-0.3, -0.25) is 9.59 Å². The fourth-order valence-corrected chi connectivity index (χ4v) is 1.32. The highest BCUT2D eigenvalue weighted by atomic mass is 35.5. The molecule has 0 rings (SSSR count). The van der Waals surface area contributed by atoms with E-state index in [2.05, 4.69) is 0 Å². The lowest BCUT2D eigenvalue weighted by Gasteiger charge is -2.26. The van der Waals surface area contributed by atoms with Gasteiger partial charge < -0.3 is 10.2 Å². The Hall–Kier alpha value is -0.770. The van der Waals surface area contributed by atoms with Crippen LogP contribution in [0.15, 0.2) is 0 Å². The molecule has 2 N–H and O–H groups in total. The fraction of sp³-hybridized carbons (Fsp3) is 0.750. The summed E-state index contributed by atoms with van der Waals surface area (Å²) in [5.41, 5.74) is -1.13. The summed E-state index contributed by atoms with van der Waals surface area (Å²) in [6.07, 6.45) is -0.119. The Morgan fingerprint density at radius 2 is 1.54 bits per heavy atom. The van der Waals surface area contributed by atoms with E-state index in [-0.39, 0.29) is 6.42 Å². The van der Waals surface area contributed by atoms with Crippen LogP contribution < -0.4 is 0 Å². The first kappa shape index (κ1) is 12.2. The number of carbonyl (C=O) groups is 2. The maximum Gasteiger partial charge on any atom is 0.324 e. The Morgan fingerprint density at radius 1 is 1.15 bits per heavy atom. The van der Waals surface area contributed by atoms with E-state index in [0.29, 0.717) is 0 Å². The zero-order valence-corrected chi connectivity index (χ0v) is 8.55. The fourth-order valence-electron chi connectivity index (χ4n) is 0.981. The van der Waals surface area contributed by atoms with Crippen LogP contribution in [0.1, 0.15) is 27.2 Å². The number of hydrogen-bond acceptors (Lipinski definition) is 2. The SMILES string of the molecule is CC(C)(CC(C)(Cl)C(=O)O)C(=O)O. The summed E-state index contributed by atoms with van der Waals surface area (Å²) < 4.78 is 0. The van der Waals surface area contributed by atoms with E-state index in [1.807, 2.05) is 0 Å². The molecule has 4 nitrogen and oxygen atoms in total. The number of aliphatic carboxylic acids is 2. The van der Waals surface area contributed by atoms with Crippen molar-refractivity contribution in [3.63, 3.8) is 0 Å². The van der Waals surface area contributed by atoms with Gasteiger partial charge in [0.05, 0.1) is 5.41 Å². The van der Waals surface area contributed by atoms with Gasteiger partial charge in [0.2, 0.25) is 0 Å². The van der Waals surface area contributed by atoms with Crippen molar-refractivity contribution in [1.82, 2.24) is 0 Å². The maximum absolute atomic E-state index is 10.7. The van der Waals surface area contributed by atoms with Gasteiger partial charge in [-0.15, -0.1) is 11.6 Å². The van der Waals surface area contributed by atoms with Crippen molar-refractivity contribution in [2.75, 3.05) is 0 Å². The number of hydrogen-bond donors (Lipinski definition) is 2. The Balaban J connectivity index is 4.61. The minimum Gasteiger partial charge on any atom is -0.481 e. The van der Waals surface area contributed by atoms with Crippen LogP contribution in [0.25, 0.3) is 0 Å². The molecule has 0 saturated carbocycles. The third kappa shape index (κ3) is 3.22. The smallest absolute Gasteiger partial charge is 0.324 e. The van der Waals surface area contributed by atoms with E-state index in [9.17, 15) is 9.59 Å². The zero-order valence-electron chi connectivity index (χ0n) is 7.80. The molecular weight excluding hydrogens is 196 g/mol. The zero-order chi connectivity index (χ0) is 10.9. The molecule has 0 aromatic heterocycles. The van der Waals surface area contributed by atoms with Crippen LogP contribution in [0.3, 0.4) is 0 Å². The van der Waals surface area contributed by atoms with Gasteiger partial charge in [0.1, 0.15) is 4.87 Å². The van der Waals surface area contributed by atoms with Gasteiger partial charge in [-0.05, 0) is 27.2 Å². The molecule has 5 heteroatoms. The first-order chi connectivity index (χ1) is 5.59. The van der Waals surface area contributed by atoms with Gasteiger partial charge in [-0.2, -0.15) is 0 Å². The molecule has 0 saturated heterocycles. The molecule has 0 aliphatic heterocycles. The summed E-state index contributed by atoms with van der Waals surface area (Å²) in [5.74, 6) is -2.26. The van der Waals surface area contributed by atoms with Crippen molar-refractivity contribution >= 4 is 23.5 Å². The maximum atomic E-state index is 10.7. The van der Waals surface area contributed by atoms with Gasteiger partial charge >= 0.3 is 11.9 Å². The monoisotopic (exact) mass is 208 g/mol. The van der Waals surface area contributed by atoms with E-state index in [0.717, 1.165) is 0 Å². The lowest BCUT2D eigenvalue weighted by atomic mass is 9.83. The molecule has 0 heterocycles.